The first-order valence-corrected chi connectivity index (χ1v) is 15.3. The van der Waals surface area contributed by atoms with Crippen molar-refractivity contribution in [3.05, 3.63) is 58.4 Å². The van der Waals surface area contributed by atoms with Crippen LogP contribution in [0, 0.1) is 17.8 Å². The van der Waals surface area contributed by atoms with Gasteiger partial charge in [-0.05, 0) is 64.1 Å². The number of aliphatic hydroxyl groups excluding tert-OH is 1. The number of hydrogen-bond donors (Lipinski definition) is 2. The number of nitrogens with one attached hydrogen (secondary N) is 1. The summed E-state index contributed by atoms with van der Waals surface area (Å²) in [6, 6.07) is 0. The third-order valence-electron chi connectivity index (χ3n) is 8.60. The Hall–Kier alpha value is -3.14. The lowest BCUT2D eigenvalue weighted by molar-refractivity contribution is -0.146. The van der Waals surface area contributed by atoms with Crippen LogP contribution in [0.3, 0.4) is 0 Å². The number of Topliss-reactive ketones (excluding diaryl/α,β-unsaturated/α-hetero) is 1. The molecule has 9 heteroatoms. The number of ketones is 2. The summed E-state index contributed by atoms with van der Waals surface area (Å²) in [7, 11) is 1.55. The maximum atomic E-state index is 13.7. The number of esters is 1. The van der Waals surface area contributed by atoms with Gasteiger partial charge in [0.25, 0.3) is 5.91 Å². The van der Waals surface area contributed by atoms with Crippen molar-refractivity contribution >= 4 is 23.4 Å². The van der Waals surface area contributed by atoms with Gasteiger partial charge in [-0.1, -0.05) is 45.1 Å². The number of amides is 1. The van der Waals surface area contributed by atoms with E-state index in [1.165, 1.54) is 13.0 Å². The number of ether oxygens (including phenoxy) is 2. The summed E-state index contributed by atoms with van der Waals surface area (Å²) in [4.78, 5) is 54.3. The molecular weight excluding hydrogens is 548 g/mol. The molecule has 2 heterocycles. The molecule has 0 unspecified atom stereocenters. The van der Waals surface area contributed by atoms with Gasteiger partial charge in [0.1, 0.15) is 6.10 Å². The molecule has 3 rings (SSSR count). The molecule has 9 nitrogen and oxygen atoms in total. The Morgan fingerprint density at radius 1 is 1.12 bits per heavy atom. The molecular formula is C34H48N2O7. The highest BCUT2D eigenvalue weighted by atomic mass is 16.5. The lowest BCUT2D eigenvalue weighted by Crippen LogP contribution is -2.39. The van der Waals surface area contributed by atoms with Crippen LogP contribution in [-0.2, 0) is 28.7 Å². The molecule has 0 radical (unpaired) electrons. The van der Waals surface area contributed by atoms with E-state index in [1.54, 1.807) is 26.2 Å². The summed E-state index contributed by atoms with van der Waals surface area (Å²) >= 11 is 0. The minimum Gasteiger partial charge on any atom is -0.457 e. The zero-order valence-electron chi connectivity index (χ0n) is 26.6. The van der Waals surface area contributed by atoms with Gasteiger partial charge in [-0.15, -0.1) is 0 Å². The van der Waals surface area contributed by atoms with Crippen LogP contribution >= 0.6 is 0 Å². The van der Waals surface area contributed by atoms with E-state index >= 15 is 0 Å². The highest BCUT2D eigenvalue weighted by Crippen LogP contribution is 2.31. The van der Waals surface area contributed by atoms with Crippen LogP contribution in [-0.4, -0.2) is 78.5 Å². The average molecular weight is 597 g/mol. The third-order valence-corrected chi connectivity index (χ3v) is 8.60. The van der Waals surface area contributed by atoms with Gasteiger partial charge in [-0.2, -0.15) is 0 Å². The molecule has 0 aromatic rings. The zero-order valence-corrected chi connectivity index (χ0v) is 26.6. The number of likely N-dealkylation sites (tertiary alicyclic amines) is 1. The monoisotopic (exact) mass is 596 g/mol. The highest BCUT2D eigenvalue weighted by molar-refractivity contribution is 6.23. The Morgan fingerprint density at radius 2 is 1.81 bits per heavy atom. The van der Waals surface area contributed by atoms with Crippen LogP contribution < -0.4 is 5.32 Å². The van der Waals surface area contributed by atoms with Crippen molar-refractivity contribution in [3.63, 3.8) is 0 Å². The molecule has 43 heavy (non-hydrogen) atoms. The molecule has 0 saturated carbocycles. The molecule has 1 amide bonds. The first-order valence-electron chi connectivity index (χ1n) is 15.3. The number of aliphatic hydroxyl groups is 1. The topological polar surface area (TPSA) is 122 Å². The first kappa shape index (κ1) is 34.4. The molecule has 0 aromatic carbocycles. The van der Waals surface area contributed by atoms with Crippen LogP contribution in [0.5, 0.6) is 0 Å². The molecule has 1 aliphatic carbocycles. The van der Waals surface area contributed by atoms with Crippen LogP contribution in [0.15, 0.2) is 58.4 Å². The second kappa shape index (κ2) is 15.5. The van der Waals surface area contributed by atoms with E-state index in [4.69, 9.17) is 9.47 Å². The molecule has 1 saturated heterocycles. The summed E-state index contributed by atoms with van der Waals surface area (Å²) in [5.41, 5.74) is 2.02. The minimum atomic E-state index is -0.864. The number of hydrogen-bond acceptors (Lipinski definition) is 8. The lowest BCUT2D eigenvalue weighted by Gasteiger charge is -2.32. The predicted octanol–water partition coefficient (Wildman–Crippen LogP) is 3.99. The standard InChI is InChI=1S/C34H48N2O7/c1-20-16-27-26(12-15-36-13-9-14-36)29(38)19-28(32(27)40)35-34(41)22(3)11-8-10-21(2)33(43-25(6)37)24(5)18-23(4)31(39)30(17-20)42-7/h8,10-11,18-21,23,30-31,33,39H,9,12-17H2,1-7H3,(H,35,41)/b10-8-,22-11+,24-18+/t20-,21+,23+,30+,31-,33-/m1/s1. The van der Waals surface area contributed by atoms with E-state index in [-0.39, 0.29) is 35.0 Å². The van der Waals surface area contributed by atoms with Crippen LogP contribution in [0.4, 0.5) is 0 Å². The summed E-state index contributed by atoms with van der Waals surface area (Å²) in [6.45, 7) is 13.3. The number of nitrogens with zero attached hydrogens (tertiary/aromatic N) is 1. The summed E-state index contributed by atoms with van der Waals surface area (Å²) in [6.07, 6.45) is 8.68. The Kier molecular flexibility index (Phi) is 12.4. The molecule has 2 aliphatic heterocycles. The van der Waals surface area contributed by atoms with Crippen LogP contribution in [0.25, 0.3) is 0 Å². The van der Waals surface area contributed by atoms with Crippen molar-refractivity contribution in [1.29, 1.82) is 0 Å². The van der Waals surface area contributed by atoms with E-state index in [0.29, 0.717) is 42.5 Å². The van der Waals surface area contributed by atoms with Crippen LogP contribution in [0.2, 0.25) is 0 Å². The summed E-state index contributed by atoms with van der Waals surface area (Å²) in [5, 5.41) is 14.0. The smallest absolute Gasteiger partial charge is 0.303 e. The molecule has 2 N–H and O–H groups in total. The van der Waals surface area contributed by atoms with Gasteiger partial charge in [0.05, 0.1) is 17.9 Å². The van der Waals surface area contributed by atoms with E-state index < -0.39 is 30.2 Å². The fourth-order valence-corrected chi connectivity index (χ4v) is 5.91. The molecule has 3 aliphatic rings. The fraction of sp³-hybridized carbons (Fsp3) is 0.588. The van der Waals surface area contributed by atoms with E-state index in [1.807, 2.05) is 39.8 Å². The molecule has 6 atom stereocenters. The second-order valence-corrected chi connectivity index (χ2v) is 12.3. The Balaban J connectivity index is 2.01. The SMILES string of the molecule is CO[C@H]1C[C@H](C)CC2=C(CCN3CCC3)C(=O)C=C(NC(=O)/C(C)=C/C=C\[C@H](C)[C@@H](OC(C)=O)/C(C)=C/[C@H](C)[C@H]1O)C2=O. The number of rotatable bonds is 5. The van der Waals surface area contributed by atoms with Crippen molar-refractivity contribution in [2.24, 2.45) is 17.8 Å². The fourth-order valence-electron chi connectivity index (χ4n) is 5.91. The average Bonchev–Trinajstić information content (AvgIpc) is 2.92. The first-order chi connectivity index (χ1) is 20.3. The Labute approximate surface area is 255 Å². The molecule has 236 valence electrons. The normalized spacial score (nSPS) is 33.4. The molecule has 2 bridgehead atoms. The number of methoxy groups -OCH3 is 1. The van der Waals surface area contributed by atoms with E-state index in [9.17, 15) is 24.3 Å². The lowest BCUT2D eigenvalue weighted by atomic mass is 9.82. The van der Waals surface area contributed by atoms with Crippen molar-refractivity contribution < 1.29 is 33.8 Å². The number of allylic oxidation sites excluding steroid dienone is 4. The number of fused-ring (bicyclic) bond motifs is 2. The van der Waals surface area contributed by atoms with Crippen LogP contribution in [0.1, 0.15) is 67.2 Å². The van der Waals surface area contributed by atoms with Crippen molar-refractivity contribution in [3.8, 4) is 0 Å². The third kappa shape index (κ3) is 9.17. The molecule has 1 fully saturated rings. The maximum Gasteiger partial charge on any atom is 0.303 e. The maximum absolute atomic E-state index is 13.7. The van der Waals surface area contributed by atoms with Gasteiger partial charge in [0, 0.05) is 55.2 Å². The second-order valence-electron chi connectivity index (χ2n) is 12.3. The van der Waals surface area contributed by atoms with Gasteiger partial charge >= 0.3 is 5.97 Å². The predicted molar refractivity (Wildman–Crippen MR) is 165 cm³/mol. The van der Waals surface area contributed by atoms with E-state index in [2.05, 4.69) is 10.2 Å². The molecule has 0 spiro atoms. The van der Waals surface area contributed by atoms with Gasteiger partial charge in [-0.3, -0.25) is 19.2 Å². The summed E-state index contributed by atoms with van der Waals surface area (Å²) < 4.78 is 11.4. The number of carbonyl (C=O) groups excluding carboxylic acids is 4. The minimum absolute atomic E-state index is 0.0281. The van der Waals surface area contributed by atoms with Gasteiger partial charge in [0.2, 0.25) is 5.78 Å². The largest absolute Gasteiger partial charge is 0.457 e. The Morgan fingerprint density at radius 3 is 2.42 bits per heavy atom. The number of carbonyl (C=O) groups is 4. The summed E-state index contributed by atoms with van der Waals surface area (Å²) in [5.74, 6) is -2.18. The Bertz CT molecular complexity index is 1240. The van der Waals surface area contributed by atoms with Crippen molar-refractivity contribution in [2.75, 3.05) is 26.7 Å². The highest BCUT2D eigenvalue weighted by Gasteiger charge is 2.33. The van der Waals surface area contributed by atoms with Crippen molar-refractivity contribution in [2.45, 2.75) is 85.5 Å². The van der Waals surface area contributed by atoms with E-state index in [0.717, 1.165) is 25.1 Å². The van der Waals surface area contributed by atoms with Crippen molar-refractivity contribution in [1.82, 2.24) is 10.2 Å². The zero-order chi connectivity index (χ0) is 31.8. The quantitative estimate of drug-likeness (QED) is 0.278. The van der Waals surface area contributed by atoms with Gasteiger partial charge in [0.15, 0.2) is 5.78 Å². The van der Waals surface area contributed by atoms with Gasteiger partial charge in [-0.25, -0.2) is 0 Å². The van der Waals surface area contributed by atoms with Gasteiger partial charge < -0.3 is 24.8 Å². The molecule has 0 aromatic heterocycles.